The van der Waals surface area contributed by atoms with Crippen LogP contribution in [0, 0.1) is 0 Å². The minimum atomic E-state index is -0.558. The zero-order valence-electron chi connectivity index (χ0n) is 13.4. The van der Waals surface area contributed by atoms with E-state index in [0.717, 1.165) is 5.52 Å². The number of benzene rings is 1. The topological polar surface area (TPSA) is 94.3 Å². The van der Waals surface area contributed by atoms with E-state index in [1.165, 1.54) is 12.3 Å². The molecule has 0 spiro atoms. The molecule has 26 heavy (non-hydrogen) atoms. The average molecular weight is 394 g/mol. The first kappa shape index (κ1) is 18.2. The Kier molecular flexibility index (Phi) is 5.70. The molecule has 0 aliphatic heterocycles. The van der Waals surface area contributed by atoms with Gasteiger partial charge in [0.25, 0.3) is 5.91 Å². The highest BCUT2D eigenvalue weighted by Crippen LogP contribution is 2.22. The number of esters is 1. The van der Waals surface area contributed by atoms with Gasteiger partial charge in [-0.25, -0.2) is 9.97 Å². The number of hydrogen-bond acceptors (Lipinski definition) is 6. The van der Waals surface area contributed by atoms with Crippen molar-refractivity contribution < 1.29 is 18.7 Å². The number of aryl methyl sites for hydroxylation is 1. The molecule has 9 heteroatoms. The monoisotopic (exact) mass is 393 g/mol. The lowest BCUT2D eigenvalue weighted by molar-refractivity contribution is -0.147. The standard InChI is InChI=1S/C17H13Cl2N3O4/c18-10-7-11(19)17(20-8-10)22-14(23)9-25-16(24)6-5-15-21-12-3-1-2-4-13(12)26-15/h1-4,7-8H,5-6,9H2,(H,20,22,23). The van der Waals surface area contributed by atoms with Crippen LogP contribution in [0.5, 0.6) is 0 Å². The summed E-state index contributed by atoms with van der Waals surface area (Å²) in [6.07, 6.45) is 1.66. The molecule has 0 aliphatic carbocycles. The number of amides is 1. The lowest BCUT2D eigenvalue weighted by atomic mass is 10.3. The molecule has 0 saturated carbocycles. The van der Waals surface area contributed by atoms with Gasteiger partial charge < -0.3 is 14.5 Å². The van der Waals surface area contributed by atoms with Crippen molar-refractivity contribution in [2.45, 2.75) is 12.8 Å². The molecule has 1 aromatic carbocycles. The van der Waals surface area contributed by atoms with E-state index in [1.807, 2.05) is 18.2 Å². The summed E-state index contributed by atoms with van der Waals surface area (Å²) in [5.41, 5.74) is 1.38. The van der Waals surface area contributed by atoms with Gasteiger partial charge in [0, 0.05) is 12.6 Å². The van der Waals surface area contributed by atoms with E-state index in [0.29, 0.717) is 16.5 Å². The maximum Gasteiger partial charge on any atom is 0.306 e. The third kappa shape index (κ3) is 4.71. The Morgan fingerprint density at radius 3 is 2.81 bits per heavy atom. The molecule has 0 radical (unpaired) electrons. The molecule has 3 aromatic rings. The van der Waals surface area contributed by atoms with Gasteiger partial charge in [-0.15, -0.1) is 0 Å². The SMILES string of the molecule is O=C(COC(=O)CCc1nc2ccccc2o1)Nc1ncc(Cl)cc1Cl. The summed E-state index contributed by atoms with van der Waals surface area (Å²) in [5.74, 6) is -0.525. The Labute approximate surface area is 158 Å². The molecular weight excluding hydrogens is 381 g/mol. The number of nitrogens with one attached hydrogen (secondary N) is 1. The summed E-state index contributed by atoms with van der Waals surface area (Å²) in [6.45, 7) is -0.451. The predicted molar refractivity (Wildman–Crippen MR) is 96.2 cm³/mol. The fourth-order valence-corrected chi connectivity index (χ4v) is 2.56. The van der Waals surface area contributed by atoms with E-state index in [-0.39, 0.29) is 23.7 Å². The second-order valence-electron chi connectivity index (χ2n) is 5.27. The number of nitrogens with zero attached hydrogens (tertiary/aromatic N) is 2. The van der Waals surface area contributed by atoms with Crippen LogP contribution in [0.3, 0.4) is 0 Å². The molecule has 7 nitrogen and oxygen atoms in total. The normalized spacial score (nSPS) is 10.7. The molecule has 1 N–H and O–H groups in total. The molecule has 3 rings (SSSR count). The predicted octanol–water partition coefficient (Wildman–Crippen LogP) is 3.64. The lowest BCUT2D eigenvalue weighted by Gasteiger charge is -2.07. The summed E-state index contributed by atoms with van der Waals surface area (Å²) in [5, 5.41) is 2.97. The molecule has 0 aliphatic rings. The van der Waals surface area contributed by atoms with Crippen LogP contribution in [-0.2, 0) is 20.7 Å². The number of aromatic nitrogens is 2. The van der Waals surface area contributed by atoms with Gasteiger partial charge in [0.2, 0.25) is 0 Å². The van der Waals surface area contributed by atoms with Crippen molar-refractivity contribution >= 4 is 52.0 Å². The van der Waals surface area contributed by atoms with Crippen LogP contribution in [-0.4, -0.2) is 28.5 Å². The van der Waals surface area contributed by atoms with Crippen molar-refractivity contribution in [1.82, 2.24) is 9.97 Å². The number of ether oxygens (including phenoxy) is 1. The molecule has 2 aromatic heterocycles. The first-order valence-corrected chi connectivity index (χ1v) is 8.38. The molecule has 0 bridgehead atoms. The van der Waals surface area contributed by atoms with Crippen molar-refractivity contribution in [2.75, 3.05) is 11.9 Å². The van der Waals surface area contributed by atoms with Gasteiger partial charge in [-0.1, -0.05) is 35.3 Å². The molecule has 0 fully saturated rings. The van der Waals surface area contributed by atoms with E-state index in [9.17, 15) is 9.59 Å². The maximum absolute atomic E-state index is 11.8. The Morgan fingerprint density at radius 2 is 2.04 bits per heavy atom. The van der Waals surface area contributed by atoms with Gasteiger partial charge in [0.15, 0.2) is 23.9 Å². The molecular formula is C17H13Cl2N3O4. The summed E-state index contributed by atoms with van der Waals surface area (Å²) in [4.78, 5) is 31.7. The number of carbonyl (C=O) groups excluding carboxylic acids is 2. The Bertz CT molecular complexity index is 925. The zero-order chi connectivity index (χ0) is 18.5. The maximum atomic E-state index is 11.8. The highest BCUT2D eigenvalue weighted by molar-refractivity contribution is 6.36. The Balaban J connectivity index is 1.45. The number of halogens is 2. The summed E-state index contributed by atoms with van der Waals surface area (Å²) in [7, 11) is 0. The van der Waals surface area contributed by atoms with Crippen LogP contribution in [0.1, 0.15) is 12.3 Å². The van der Waals surface area contributed by atoms with Gasteiger partial charge in [-0.2, -0.15) is 0 Å². The fraction of sp³-hybridized carbons (Fsp3) is 0.176. The van der Waals surface area contributed by atoms with Crippen molar-refractivity contribution in [3.05, 3.63) is 52.5 Å². The third-order valence-electron chi connectivity index (χ3n) is 3.31. The molecule has 1 amide bonds. The lowest BCUT2D eigenvalue weighted by Crippen LogP contribution is -2.21. The van der Waals surface area contributed by atoms with E-state index >= 15 is 0 Å². The van der Waals surface area contributed by atoms with Gasteiger partial charge in [-0.05, 0) is 18.2 Å². The summed E-state index contributed by atoms with van der Waals surface area (Å²) >= 11 is 11.6. The van der Waals surface area contributed by atoms with Crippen molar-refractivity contribution in [2.24, 2.45) is 0 Å². The van der Waals surface area contributed by atoms with Crippen molar-refractivity contribution in [1.29, 1.82) is 0 Å². The number of anilines is 1. The number of pyridine rings is 1. The minimum absolute atomic E-state index is 0.0417. The first-order valence-electron chi connectivity index (χ1n) is 7.62. The smallest absolute Gasteiger partial charge is 0.306 e. The number of para-hydroxylation sites is 2. The van der Waals surface area contributed by atoms with E-state index in [2.05, 4.69) is 15.3 Å². The fourth-order valence-electron chi connectivity index (χ4n) is 2.13. The summed E-state index contributed by atoms with van der Waals surface area (Å²) in [6, 6.07) is 8.75. The summed E-state index contributed by atoms with van der Waals surface area (Å²) < 4.78 is 10.4. The second kappa shape index (κ2) is 8.16. The quantitative estimate of drug-likeness (QED) is 0.642. The number of rotatable bonds is 6. The zero-order valence-corrected chi connectivity index (χ0v) is 14.9. The van der Waals surface area contributed by atoms with Crippen LogP contribution < -0.4 is 5.32 Å². The van der Waals surface area contributed by atoms with E-state index in [4.69, 9.17) is 32.4 Å². The molecule has 0 unspecified atom stereocenters. The number of carbonyl (C=O) groups is 2. The molecule has 134 valence electrons. The van der Waals surface area contributed by atoms with Gasteiger partial charge in [-0.3, -0.25) is 9.59 Å². The van der Waals surface area contributed by atoms with E-state index in [1.54, 1.807) is 6.07 Å². The van der Waals surface area contributed by atoms with Gasteiger partial charge in [0.1, 0.15) is 5.52 Å². The first-order chi connectivity index (χ1) is 12.5. The molecule has 2 heterocycles. The highest BCUT2D eigenvalue weighted by Gasteiger charge is 2.13. The molecule has 0 saturated heterocycles. The number of hydrogen-bond donors (Lipinski definition) is 1. The van der Waals surface area contributed by atoms with Gasteiger partial charge in [0.05, 0.1) is 16.5 Å². The van der Waals surface area contributed by atoms with Crippen LogP contribution >= 0.6 is 23.2 Å². The second-order valence-corrected chi connectivity index (χ2v) is 6.11. The van der Waals surface area contributed by atoms with Crippen molar-refractivity contribution in [3.8, 4) is 0 Å². The minimum Gasteiger partial charge on any atom is -0.456 e. The average Bonchev–Trinajstić information content (AvgIpc) is 3.03. The van der Waals surface area contributed by atoms with Crippen LogP contribution in [0.2, 0.25) is 10.0 Å². The van der Waals surface area contributed by atoms with Crippen LogP contribution in [0.4, 0.5) is 5.82 Å². The number of oxazole rings is 1. The van der Waals surface area contributed by atoms with Crippen LogP contribution in [0.25, 0.3) is 11.1 Å². The third-order valence-corrected chi connectivity index (χ3v) is 3.81. The van der Waals surface area contributed by atoms with Crippen LogP contribution in [0.15, 0.2) is 40.9 Å². The van der Waals surface area contributed by atoms with Gasteiger partial charge >= 0.3 is 5.97 Å². The van der Waals surface area contributed by atoms with Crippen molar-refractivity contribution in [3.63, 3.8) is 0 Å². The van der Waals surface area contributed by atoms with E-state index < -0.39 is 18.5 Å². The highest BCUT2D eigenvalue weighted by atomic mass is 35.5. The number of fused-ring (bicyclic) bond motifs is 1. The Morgan fingerprint density at radius 1 is 1.23 bits per heavy atom. The molecule has 0 atom stereocenters. The Hall–Kier alpha value is -2.64. The largest absolute Gasteiger partial charge is 0.456 e.